The number of carboxylic acid groups (broad SMARTS) is 1. The monoisotopic (exact) mass is 1810 g/mol. The van der Waals surface area contributed by atoms with Crippen LogP contribution in [0.2, 0.25) is 0 Å². The molecular weight excluding hydrogens is 1520 g/mol. The average Bonchev–Trinajstić information content (AvgIpc) is 1.30. The van der Waals surface area contributed by atoms with Crippen LogP contribution in [0.25, 0.3) is 0 Å². The van der Waals surface area contributed by atoms with Crippen LogP contribution in [0.5, 0.6) is 0 Å². The zero-order chi connectivity index (χ0) is 102. The summed E-state index contributed by atoms with van der Waals surface area (Å²) in [6.45, 7) is 91.1. The highest BCUT2D eigenvalue weighted by molar-refractivity contribution is 5.66. The summed E-state index contributed by atoms with van der Waals surface area (Å²) >= 11 is 0. The molecule has 0 spiro atoms. The number of carboxylic acids is 1. The third kappa shape index (κ3) is 475. The van der Waals surface area contributed by atoms with Crippen LogP contribution in [-0.4, -0.2) is 11.1 Å². The minimum atomic E-state index is -0.711. The molecule has 0 atom stereocenters. The number of unbranched alkanes of at least 4 members (excludes halogenated alkanes) is 60. The predicted octanol–water partition coefficient (Wildman–Crippen LogP) is 52.6. The van der Waals surface area contributed by atoms with E-state index in [9.17, 15) is 4.79 Å². The molecule has 0 unspecified atom stereocenters. The third-order valence-corrected chi connectivity index (χ3v) is 19.6. The molecule has 0 saturated carbocycles. The lowest BCUT2D eigenvalue weighted by molar-refractivity contribution is -0.137. The van der Waals surface area contributed by atoms with Crippen molar-refractivity contribution in [3.8, 4) is 0 Å². The third-order valence-electron chi connectivity index (χ3n) is 19.6. The SMILES string of the molecule is CCCC(=O)O.CCCCCC.CCCCCC.CCCCCC.CCCCCC.CCCCCC.CCCCCC.CCCCCC.CCCCCC.CCCCCC.CCCCCC.CCCCCC.CCCCCC.CCCCCC.CCCCCC.CCCCCC.CCCCCC.CCCCCC.CCCCCC.CCCCCC.CCCCCC. The Balaban J connectivity index is -0.0000000484. The van der Waals surface area contributed by atoms with Crippen LogP contribution in [0.4, 0.5) is 0 Å². The normalized spacial score (nSPS) is 8.96. The molecule has 0 aromatic rings. The van der Waals surface area contributed by atoms with Crippen molar-refractivity contribution in [2.45, 2.75) is 810 Å². The number of hydrogen-bond donors (Lipinski definition) is 1. The zero-order valence-electron chi connectivity index (χ0n) is 100. The van der Waals surface area contributed by atoms with Gasteiger partial charge < -0.3 is 5.11 Å². The van der Waals surface area contributed by atoms with Gasteiger partial charge in [-0.15, -0.1) is 0 Å². The van der Waals surface area contributed by atoms with Gasteiger partial charge in [0.15, 0.2) is 0 Å². The zero-order valence-corrected chi connectivity index (χ0v) is 100. The molecule has 796 valence electrons. The van der Waals surface area contributed by atoms with Crippen LogP contribution >= 0.6 is 0 Å². The van der Waals surface area contributed by atoms with Crippen LogP contribution in [0, 0.1) is 0 Å². The first kappa shape index (κ1) is 178. The Labute approximate surface area is 821 Å². The van der Waals surface area contributed by atoms with Gasteiger partial charge >= 0.3 is 5.97 Å². The quantitative estimate of drug-likeness (QED) is 0.0616. The lowest BCUT2D eigenvalue weighted by Crippen LogP contribution is -1.90. The van der Waals surface area contributed by atoms with Crippen molar-refractivity contribution in [2.24, 2.45) is 0 Å². The van der Waals surface area contributed by atoms with Crippen molar-refractivity contribution in [2.75, 3.05) is 0 Å². The van der Waals surface area contributed by atoms with E-state index in [0.29, 0.717) is 6.42 Å². The van der Waals surface area contributed by atoms with E-state index in [-0.39, 0.29) is 0 Å². The van der Waals surface area contributed by atoms with Gasteiger partial charge in [0, 0.05) is 6.42 Å². The van der Waals surface area contributed by atoms with Gasteiger partial charge in [0.05, 0.1) is 0 Å². The van der Waals surface area contributed by atoms with Crippen LogP contribution in [-0.2, 0) is 4.79 Å². The maximum atomic E-state index is 9.60. The summed E-state index contributed by atoms with van der Waals surface area (Å²) in [4.78, 5) is 9.60. The summed E-state index contributed by atoms with van der Waals surface area (Å²) in [5.74, 6) is -0.711. The molecule has 0 aliphatic rings. The first-order valence-corrected chi connectivity index (χ1v) is 60.3. The Morgan fingerprint density at radius 1 is 0.0952 bits per heavy atom. The summed E-state index contributed by atoms with van der Waals surface area (Å²) in [7, 11) is 0. The van der Waals surface area contributed by atoms with Crippen molar-refractivity contribution in [1.82, 2.24) is 0 Å². The Kier molecular flexibility index (Phi) is 376. The van der Waals surface area contributed by atoms with Crippen molar-refractivity contribution in [3.63, 3.8) is 0 Å². The van der Waals surface area contributed by atoms with Gasteiger partial charge in [-0.3, -0.25) is 4.79 Å². The van der Waals surface area contributed by atoms with Gasteiger partial charge in [-0.25, -0.2) is 0 Å². The van der Waals surface area contributed by atoms with Crippen molar-refractivity contribution >= 4 is 5.97 Å². The molecule has 0 aromatic heterocycles. The van der Waals surface area contributed by atoms with E-state index in [2.05, 4.69) is 277 Å². The summed E-state index contributed by atoms with van der Waals surface area (Å²) in [5, 5.41) is 7.91. The Morgan fingerprint density at radius 3 is 0.143 bits per heavy atom. The maximum absolute atomic E-state index is 9.60. The first-order valence-electron chi connectivity index (χ1n) is 60.3. The molecule has 126 heavy (non-hydrogen) atoms. The smallest absolute Gasteiger partial charge is 0.303 e. The van der Waals surface area contributed by atoms with Gasteiger partial charge in [0.2, 0.25) is 0 Å². The van der Waals surface area contributed by atoms with E-state index in [0.717, 1.165) is 6.42 Å². The number of rotatable bonds is 62. The predicted molar refractivity (Wildman–Crippen MR) is 619 cm³/mol. The fourth-order valence-electron chi connectivity index (χ4n) is 10.2. The topological polar surface area (TPSA) is 37.3 Å². The molecule has 0 aromatic carbocycles. The van der Waals surface area contributed by atoms with Crippen LogP contribution in [0.3, 0.4) is 0 Å². The molecule has 0 saturated heterocycles. The molecule has 0 heterocycles. The second kappa shape index (κ2) is 266. The van der Waals surface area contributed by atoms with Crippen LogP contribution < -0.4 is 0 Å². The van der Waals surface area contributed by atoms with Gasteiger partial charge in [0.25, 0.3) is 0 Å². The number of hydrogen-bond acceptors (Lipinski definition) is 1. The Bertz CT molecular complexity index is 722. The summed E-state index contributed by atoms with van der Waals surface area (Å²) in [6, 6.07) is 0. The minimum absolute atomic E-state index is 0.292. The highest BCUT2D eigenvalue weighted by Gasteiger charge is 1.89. The second-order valence-corrected chi connectivity index (χ2v) is 35.3. The highest BCUT2D eigenvalue weighted by Crippen LogP contribution is 2.06. The van der Waals surface area contributed by atoms with Gasteiger partial charge in [-0.1, -0.05) is 798 Å². The molecule has 2 nitrogen and oxygen atoms in total. The van der Waals surface area contributed by atoms with Crippen molar-refractivity contribution in [3.05, 3.63) is 0 Å². The number of aliphatic carboxylic acids is 1. The molecule has 0 radical (unpaired) electrons. The van der Waals surface area contributed by atoms with E-state index in [1.54, 1.807) is 0 Å². The largest absolute Gasteiger partial charge is 0.481 e. The van der Waals surface area contributed by atoms with E-state index in [4.69, 9.17) is 5.11 Å². The Hall–Kier alpha value is -0.530. The summed E-state index contributed by atoms with van der Waals surface area (Å²) < 4.78 is 0. The van der Waals surface area contributed by atoms with Crippen LogP contribution in [0.1, 0.15) is 810 Å². The van der Waals surface area contributed by atoms with Gasteiger partial charge in [-0.05, 0) is 6.42 Å². The van der Waals surface area contributed by atoms with E-state index in [1.165, 1.54) is 514 Å². The molecule has 0 fully saturated rings. The van der Waals surface area contributed by atoms with Crippen molar-refractivity contribution in [1.29, 1.82) is 0 Å². The molecule has 1 N–H and O–H groups in total. The highest BCUT2D eigenvalue weighted by atomic mass is 16.4. The summed E-state index contributed by atoms with van der Waals surface area (Å²) in [5.41, 5.74) is 0. The fraction of sp³-hybridized carbons (Fsp3) is 0.992. The minimum Gasteiger partial charge on any atom is -0.481 e. The number of carbonyl (C=O) groups is 1. The molecule has 0 rings (SSSR count). The van der Waals surface area contributed by atoms with E-state index >= 15 is 0 Å². The Morgan fingerprint density at radius 2 is 0.135 bits per heavy atom. The molecule has 0 aliphatic heterocycles. The fourth-order valence-corrected chi connectivity index (χ4v) is 10.2. The molecule has 0 bridgehead atoms. The lowest BCUT2D eigenvalue weighted by Gasteiger charge is -1.86. The molecule has 0 aliphatic carbocycles. The van der Waals surface area contributed by atoms with Gasteiger partial charge in [-0.2, -0.15) is 0 Å². The molecule has 0 amide bonds. The van der Waals surface area contributed by atoms with E-state index < -0.39 is 5.97 Å². The van der Waals surface area contributed by atoms with E-state index in [1.807, 2.05) is 6.92 Å². The lowest BCUT2D eigenvalue weighted by atomic mass is 10.2. The standard InChI is InChI=1S/20C6H14.C4H8O2/c20*1-3-5-6-4-2;1-2-3-4(5)6/h20*3-6H2,1-2H3;2-3H2,1H3,(H,5,6). The molecule has 2 heteroatoms. The maximum Gasteiger partial charge on any atom is 0.303 e. The second-order valence-electron chi connectivity index (χ2n) is 35.3. The summed E-state index contributed by atoms with van der Waals surface area (Å²) in [6.07, 6.45) is 112. The first-order chi connectivity index (χ1) is 61.1. The van der Waals surface area contributed by atoms with Gasteiger partial charge in [0.1, 0.15) is 0 Å². The average molecular weight is 1810 g/mol. The molecular formula is C124H288O2. The van der Waals surface area contributed by atoms with Crippen LogP contribution in [0.15, 0.2) is 0 Å². The van der Waals surface area contributed by atoms with Crippen molar-refractivity contribution < 1.29 is 9.90 Å².